The zero-order chi connectivity index (χ0) is 11.5. The van der Waals surface area contributed by atoms with Crippen molar-refractivity contribution >= 4 is 17.6 Å². The minimum atomic E-state index is -0.677. The number of carbonyl (C=O) groups excluding carboxylic acids is 1. The molecule has 0 saturated carbocycles. The van der Waals surface area contributed by atoms with Gasteiger partial charge in [0.2, 0.25) is 0 Å². The monoisotopic (exact) mass is 240 g/mol. The number of rotatable bonds is 1. The molecular formula is C11H13ClN2O2. The first-order valence-electron chi connectivity index (χ1n) is 5.09. The average Bonchev–Trinajstić information content (AvgIpc) is 2.44. The second-order valence-electron chi connectivity index (χ2n) is 3.68. The number of ether oxygens (including phenoxy) is 1. The molecule has 0 amide bonds. The summed E-state index contributed by atoms with van der Waals surface area (Å²) in [4.78, 5) is 11.5. The van der Waals surface area contributed by atoms with E-state index < -0.39 is 6.04 Å². The summed E-state index contributed by atoms with van der Waals surface area (Å²) in [6.45, 7) is 0.962. The highest BCUT2D eigenvalue weighted by atomic mass is 35.5. The van der Waals surface area contributed by atoms with E-state index in [4.69, 9.17) is 22.1 Å². The van der Waals surface area contributed by atoms with Crippen molar-refractivity contribution in [3.8, 4) is 0 Å². The van der Waals surface area contributed by atoms with Crippen LogP contribution in [0.5, 0.6) is 0 Å². The third kappa shape index (κ3) is 2.35. The fourth-order valence-corrected chi connectivity index (χ4v) is 1.85. The molecule has 0 aromatic heterocycles. The van der Waals surface area contributed by atoms with E-state index in [9.17, 15) is 4.79 Å². The highest BCUT2D eigenvalue weighted by Gasteiger charge is 2.29. The first kappa shape index (κ1) is 11.4. The number of carbonyl (C=O) groups is 1. The average molecular weight is 241 g/mol. The molecule has 1 heterocycles. The Morgan fingerprint density at radius 1 is 1.38 bits per heavy atom. The van der Waals surface area contributed by atoms with Crippen molar-refractivity contribution in [1.82, 2.24) is 5.32 Å². The Hall–Kier alpha value is -1.10. The molecule has 1 saturated heterocycles. The SMILES string of the molecule is N[C@H]1C(=O)OCCN[C@H]1c1ccc(Cl)cc1. The van der Waals surface area contributed by atoms with E-state index in [2.05, 4.69) is 5.32 Å². The minimum Gasteiger partial charge on any atom is -0.463 e. The lowest BCUT2D eigenvalue weighted by Gasteiger charge is -2.20. The van der Waals surface area contributed by atoms with Crippen LogP contribution in [0.2, 0.25) is 5.02 Å². The van der Waals surface area contributed by atoms with Gasteiger partial charge in [0.05, 0.1) is 6.04 Å². The Morgan fingerprint density at radius 3 is 2.75 bits per heavy atom. The molecule has 0 radical (unpaired) electrons. The number of cyclic esters (lactones) is 1. The van der Waals surface area contributed by atoms with Gasteiger partial charge in [-0.2, -0.15) is 0 Å². The number of halogens is 1. The lowest BCUT2D eigenvalue weighted by atomic mass is 10.0. The van der Waals surface area contributed by atoms with Crippen LogP contribution in [0.3, 0.4) is 0 Å². The summed E-state index contributed by atoms with van der Waals surface area (Å²) >= 11 is 5.80. The molecular weight excluding hydrogens is 228 g/mol. The van der Waals surface area contributed by atoms with Gasteiger partial charge in [-0.05, 0) is 17.7 Å². The van der Waals surface area contributed by atoms with Crippen molar-refractivity contribution < 1.29 is 9.53 Å². The van der Waals surface area contributed by atoms with Gasteiger partial charge in [0.25, 0.3) is 0 Å². The van der Waals surface area contributed by atoms with Gasteiger partial charge in [-0.15, -0.1) is 0 Å². The Labute approximate surface area is 98.7 Å². The van der Waals surface area contributed by atoms with Gasteiger partial charge in [0.15, 0.2) is 0 Å². The maximum Gasteiger partial charge on any atom is 0.324 e. The summed E-state index contributed by atoms with van der Waals surface area (Å²) in [5, 5.41) is 3.84. The first-order valence-corrected chi connectivity index (χ1v) is 5.47. The molecule has 2 rings (SSSR count). The molecule has 5 heteroatoms. The Bertz CT molecular complexity index is 380. The van der Waals surface area contributed by atoms with Crippen molar-refractivity contribution in [3.63, 3.8) is 0 Å². The number of nitrogens with one attached hydrogen (secondary N) is 1. The second kappa shape index (κ2) is 4.82. The number of hydrogen-bond acceptors (Lipinski definition) is 4. The van der Waals surface area contributed by atoms with Crippen molar-refractivity contribution in [2.45, 2.75) is 12.1 Å². The van der Waals surface area contributed by atoms with E-state index in [-0.39, 0.29) is 12.0 Å². The number of esters is 1. The fraction of sp³-hybridized carbons (Fsp3) is 0.364. The summed E-state index contributed by atoms with van der Waals surface area (Å²) < 4.78 is 4.94. The molecule has 1 aromatic carbocycles. The zero-order valence-corrected chi connectivity index (χ0v) is 9.41. The van der Waals surface area contributed by atoms with Crippen LogP contribution in [0.15, 0.2) is 24.3 Å². The smallest absolute Gasteiger partial charge is 0.324 e. The third-order valence-electron chi connectivity index (χ3n) is 2.57. The molecule has 16 heavy (non-hydrogen) atoms. The topological polar surface area (TPSA) is 64.4 Å². The first-order chi connectivity index (χ1) is 7.68. The van der Waals surface area contributed by atoms with Gasteiger partial charge >= 0.3 is 5.97 Å². The quantitative estimate of drug-likeness (QED) is 0.715. The highest BCUT2D eigenvalue weighted by Crippen LogP contribution is 2.20. The summed E-state index contributed by atoms with van der Waals surface area (Å²) in [6.07, 6.45) is 0. The van der Waals surface area contributed by atoms with Crippen LogP contribution in [0.25, 0.3) is 0 Å². The second-order valence-corrected chi connectivity index (χ2v) is 4.11. The Kier molecular flexibility index (Phi) is 3.43. The lowest BCUT2D eigenvalue weighted by molar-refractivity contribution is -0.144. The number of nitrogens with two attached hydrogens (primary N) is 1. The Morgan fingerprint density at radius 2 is 2.06 bits per heavy atom. The van der Waals surface area contributed by atoms with Crippen LogP contribution in [0.4, 0.5) is 0 Å². The van der Waals surface area contributed by atoms with E-state index >= 15 is 0 Å². The van der Waals surface area contributed by atoms with Gasteiger partial charge in [-0.25, -0.2) is 0 Å². The zero-order valence-electron chi connectivity index (χ0n) is 8.65. The lowest BCUT2D eigenvalue weighted by Crippen LogP contribution is -2.41. The molecule has 2 atom stereocenters. The minimum absolute atomic E-state index is 0.215. The predicted molar refractivity (Wildman–Crippen MR) is 61.1 cm³/mol. The van der Waals surface area contributed by atoms with Crippen LogP contribution in [-0.4, -0.2) is 25.2 Å². The van der Waals surface area contributed by atoms with E-state index in [0.29, 0.717) is 18.2 Å². The van der Waals surface area contributed by atoms with Gasteiger partial charge < -0.3 is 15.8 Å². The van der Waals surface area contributed by atoms with Gasteiger partial charge in [0, 0.05) is 11.6 Å². The van der Waals surface area contributed by atoms with Crippen molar-refractivity contribution in [2.24, 2.45) is 5.73 Å². The summed E-state index contributed by atoms with van der Waals surface area (Å²) in [5.41, 5.74) is 6.76. The summed E-state index contributed by atoms with van der Waals surface area (Å²) in [6, 6.07) is 6.39. The van der Waals surface area contributed by atoms with Crippen molar-refractivity contribution in [3.05, 3.63) is 34.9 Å². The Balaban J connectivity index is 2.23. The van der Waals surface area contributed by atoms with Crippen molar-refractivity contribution in [1.29, 1.82) is 0 Å². The molecule has 3 N–H and O–H groups in total. The van der Waals surface area contributed by atoms with Gasteiger partial charge in [0.1, 0.15) is 12.6 Å². The summed E-state index contributed by atoms with van der Waals surface area (Å²) in [7, 11) is 0. The van der Waals surface area contributed by atoms with Crippen LogP contribution < -0.4 is 11.1 Å². The highest BCUT2D eigenvalue weighted by molar-refractivity contribution is 6.30. The third-order valence-corrected chi connectivity index (χ3v) is 2.82. The molecule has 0 aliphatic carbocycles. The largest absolute Gasteiger partial charge is 0.463 e. The molecule has 1 fully saturated rings. The van der Waals surface area contributed by atoms with Crippen LogP contribution in [0.1, 0.15) is 11.6 Å². The number of hydrogen-bond donors (Lipinski definition) is 2. The molecule has 0 unspecified atom stereocenters. The molecule has 0 bridgehead atoms. The molecule has 1 aliphatic rings. The molecule has 4 nitrogen and oxygen atoms in total. The van der Waals surface area contributed by atoms with E-state index in [1.165, 1.54) is 0 Å². The molecule has 86 valence electrons. The predicted octanol–water partition coefficient (Wildman–Crippen LogP) is 0.855. The van der Waals surface area contributed by atoms with Crippen LogP contribution in [0, 0.1) is 0 Å². The van der Waals surface area contributed by atoms with Gasteiger partial charge in [-0.3, -0.25) is 4.79 Å². The maximum atomic E-state index is 11.5. The van der Waals surface area contributed by atoms with E-state index in [0.717, 1.165) is 5.56 Å². The van der Waals surface area contributed by atoms with Crippen LogP contribution in [-0.2, 0) is 9.53 Å². The fourth-order valence-electron chi connectivity index (χ4n) is 1.72. The normalized spacial score (nSPS) is 26.0. The number of benzene rings is 1. The summed E-state index contributed by atoms with van der Waals surface area (Å²) in [5.74, 6) is -0.370. The molecule has 1 aromatic rings. The van der Waals surface area contributed by atoms with Crippen molar-refractivity contribution in [2.75, 3.05) is 13.2 Å². The standard InChI is InChI=1S/C11H13ClN2O2/c12-8-3-1-7(2-4-8)10-9(13)11(15)16-6-5-14-10/h1-4,9-10,14H,5-6,13H2/t9-,10+/m1/s1. The van der Waals surface area contributed by atoms with Gasteiger partial charge in [-0.1, -0.05) is 23.7 Å². The van der Waals surface area contributed by atoms with E-state index in [1.807, 2.05) is 12.1 Å². The van der Waals surface area contributed by atoms with Crippen LogP contribution >= 0.6 is 11.6 Å². The van der Waals surface area contributed by atoms with E-state index in [1.54, 1.807) is 12.1 Å². The maximum absolute atomic E-state index is 11.5. The molecule has 1 aliphatic heterocycles. The molecule has 0 spiro atoms.